The lowest BCUT2D eigenvalue weighted by atomic mass is 9.97. The van der Waals surface area contributed by atoms with Crippen LogP contribution < -0.4 is 0 Å². The molecule has 2 saturated heterocycles. The highest BCUT2D eigenvalue weighted by Crippen LogP contribution is 2.43. The van der Waals surface area contributed by atoms with Crippen LogP contribution in [0, 0.1) is 0 Å². The van der Waals surface area contributed by atoms with Crippen LogP contribution >= 0.6 is 0 Å². The maximum atomic E-state index is 14.8. The molecule has 0 spiro atoms. The Morgan fingerprint density at radius 3 is 0.874 bits per heavy atom. The van der Waals surface area contributed by atoms with E-state index >= 15 is 0 Å². The number of rotatable bonds is 21. The molecule has 27 heteroatoms. The standard InChI is InChI=1S/C68H54O27/c69-44-17-1-36(2-18-44)59(77)85-33-52-54(89-62(80)39-7-23-47(72)24-8-39)56(91-64(82)41-11-27-49(74)28-12-41)57(92-65(83)42-13-29-50(75)30-14-42)67(88-52)95-68(35-87-61(79)38-5-21-46(71)22-6-38)58(93-66(84)43-15-31-51(76)32-16-43)55(90-63(81)40-9-25-48(73)26-10-40)53(94-68)34-86-60(78)37-3-19-45(70)20-4-37/h1-32,52-58,67,69-76H,33-35H2/t52-,53-,54-,55-,56+,57-,58+,67-,68+/m1/s1. The van der Waals surface area contributed by atoms with E-state index in [0.717, 1.165) is 170 Å². The zero-order valence-corrected chi connectivity index (χ0v) is 49.0. The van der Waals surface area contributed by atoms with Crippen molar-refractivity contribution in [2.75, 3.05) is 19.8 Å². The molecule has 8 N–H and O–H groups in total. The van der Waals surface area contributed by atoms with Crippen molar-refractivity contribution in [2.45, 2.75) is 54.8 Å². The summed E-state index contributed by atoms with van der Waals surface area (Å²) < 4.78 is 68.6. The Kier molecular flexibility index (Phi) is 20.0. The maximum Gasteiger partial charge on any atom is 0.338 e. The molecule has 27 nitrogen and oxygen atoms in total. The first-order valence-corrected chi connectivity index (χ1v) is 28.5. The second-order valence-electron chi connectivity index (χ2n) is 21.1. The molecule has 10 rings (SSSR count). The molecule has 8 aromatic rings. The van der Waals surface area contributed by atoms with Crippen molar-refractivity contribution in [3.8, 4) is 46.0 Å². The molecular formula is C68H54O27. The summed E-state index contributed by atoms with van der Waals surface area (Å²) >= 11 is 0. The van der Waals surface area contributed by atoms with Crippen molar-refractivity contribution >= 4 is 47.8 Å². The van der Waals surface area contributed by atoms with E-state index in [9.17, 15) is 79.2 Å². The normalized spacial score (nSPS) is 20.4. The van der Waals surface area contributed by atoms with Gasteiger partial charge in [-0.2, -0.15) is 0 Å². The molecule has 2 heterocycles. The zero-order valence-electron chi connectivity index (χ0n) is 49.0. The van der Waals surface area contributed by atoms with Crippen LogP contribution in [0.1, 0.15) is 82.9 Å². The van der Waals surface area contributed by atoms with E-state index in [-0.39, 0.29) is 90.5 Å². The van der Waals surface area contributed by atoms with Gasteiger partial charge in [0.05, 0.1) is 44.5 Å². The summed E-state index contributed by atoms with van der Waals surface area (Å²) in [6.45, 7) is -3.43. The van der Waals surface area contributed by atoms with Gasteiger partial charge in [-0.25, -0.2) is 38.4 Å². The van der Waals surface area contributed by atoms with E-state index in [1.807, 2.05) is 0 Å². The number of carbonyl (C=O) groups excluding carboxylic acids is 8. The summed E-state index contributed by atoms with van der Waals surface area (Å²) in [5, 5.41) is 81.5. The Morgan fingerprint density at radius 1 is 0.295 bits per heavy atom. The average molecular weight is 1300 g/mol. The van der Waals surface area contributed by atoms with Crippen LogP contribution in [0.4, 0.5) is 0 Å². The molecule has 488 valence electrons. The Labute approximate surface area is 536 Å². The van der Waals surface area contributed by atoms with Gasteiger partial charge in [0, 0.05) is 0 Å². The Balaban J connectivity index is 1.18. The van der Waals surface area contributed by atoms with Crippen molar-refractivity contribution in [2.24, 2.45) is 0 Å². The van der Waals surface area contributed by atoms with Crippen LogP contribution in [0.25, 0.3) is 0 Å². The third kappa shape index (κ3) is 16.1. The Bertz CT molecular complexity index is 4070. The van der Waals surface area contributed by atoms with Crippen molar-refractivity contribution in [1.82, 2.24) is 0 Å². The van der Waals surface area contributed by atoms with E-state index in [4.69, 9.17) is 52.1 Å². The topological polar surface area (TPSA) is 400 Å². The smallest absolute Gasteiger partial charge is 0.338 e. The van der Waals surface area contributed by atoms with Gasteiger partial charge >= 0.3 is 47.8 Å². The third-order valence-corrected chi connectivity index (χ3v) is 14.5. The molecule has 2 aliphatic rings. The van der Waals surface area contributed by atoms with Gasteiger partial charge < -0.3 is 93.0 Å². The fourth-order valence-electron chi connectivity index (χ4n) is 9.67. The SMILES string of the molecule is O=C(OC[C@H]1O[C@@](COC(=O)c2ccc(O)cc2)(O[C@H]2O[C@H](COC(=O)c3ccc(O)cc3)[C@@H](OC(=O)c3ccc(O)cc3)[C@H](OC(=O)c3ccc(O)cc3)[C@H]2OC(=O)c2ccc(O)cc2)[C@@H](OC(=O)c2ccc(O)cc2)[C@@H]1OC(=O)c1ccc(O)cc1)c1ccc(O)cc1. The first kappa shape index (κ1) is 65.7. The molecule has 0 aliphatic carbocycles. The lowest BCUT2D eigenvalue weighted by Gasteiger charge is -2.46. The summed E-state index contributed by atoms with van der Waals surface area (Å²) in [4.78, 5) is 116. The molecule has 0 aromatic heterocycles. The zero-order chi connectivity index (χ0) is 67.5. The molecule has 0 radical (unpaired) electrons. The third-order valence-electron chi connectivity index (χ3n) is 14.5. The molecule has 95 heavy (non-hydrogen) atoms. The number of phenolic OH excluding ortho intramolecular Hbond substituents is 8. The number of aromatic hydroxyl groups is 8. The monoisotopic (exact) mass is 1300 g/mol. The van der Waals surface area contributed by atoms with Crippen molar-refractivity contribution in [3.05, 3.63) is 239 Å². The highest BCUT2D eigenvalue weighted by Gasteiger charge is 2.65. The number of carbonyl (C=O) groups is 8. The molecule has 0 amide bonds. The first-order valence-electron chi connectivity index (χ1n) is 28.5. The van der Waals surface area contributed by atoms with E-state index in [0.29, 0.717) is 0 Å². The Morgan fingerprint density at radius 2 is 0.547 bits per heavy atom. The van der Waals surface area contributed by atoms with Gasteiger partial charge in [0.1, 0.15) is 78.0 Å². The lowest BCUT2D eigenvalue weighted by molar-refractivity contribution is -0.380. The van der Waals surface area contributed by atoms with Crippen molar-refractivity contribution in [3.63, 3.8) is 0 Å². The minimum absolute atomic E-state index is 0.154. The highest BCUT2D eigenvalue weighted by atomic mass is 16.8. The van der Waals surface area contributed by atoms with Gasteiger partial charge in [-0.3, -0.25) is 0 Å². The Hall–Kier alpha value is -12.2. The molecule has 0 saturated carbocycles. The lowest BCUT2D eigenvalue weighted by Crippen LogP contribution is -2.66. The summed E-state index contributed by atoms with van der Waals surface area (Å²) in [7, 11) is 0. The summed E-state index contributed by atoms with van der Waals surface area (Å²) in [5.41, 5.74) is -2.08. The van der Waals surface area contributed by atoms with Crippen LogP contribution in [-0.2, 0) is 52.1 Å². The highest BCUT2D eigenvalue weighted by molar-refractivity contribution is 5.94. The fraction of sp³-hybridized carbons (Fsp3) is 0.176. The predicted molar refractivity (Wildman–Crippen MR) is 319 cm³/mol. The van der Waals surface area contributed by atoms with Gasteiger partial charge in [0.25, 0.3) is 0 Å². The number of hydrogen-bond acceptors (Lipinski definition) is 27. The van der Waals surface area contributed by atoms with Crippen LogP contribution in [0.5, 0.6) is 46.0 Å². The predicted octanol–water partition coefficient (Wildman–Crippen LogP) is 7.17. The van der Waals surface area contributed by atoms with Crippen LogP contribution in [0.3, 0.4) is 0 Å². The largest absolute Gasteiger partial charge is 0.508 e. The first-order chi connectivity index (χ1) is 45.6. The second kappa shape index (κ2) is 29.0. The number of phenols is 8. The summed E-state index contributed by atoms with van der Waals surface area (Å²) in [6.07, 6.45) is -18.0. The molecule has 2 fully saturated rings. The van der Waals surface area contributed by atoms with Crippen LogP contribution in [-0.4, -0.2) is 163 Å². The molecule has 9 atom stereocenters. The second-order valence-corrected chi connectivity index (χ2v) is 21.1. The quantitative estimate of drug-likeness (QED) is 0.0261. The molecule has 2 aliphatic heterocycles. The molecule has 0 unspecified atom stereocenters. The number of ether oxygens (including phenoxy) is 11. The maximum absolute atomic E-state index is 14.8. The van der Waals surface area contributed by atoms with E-state index in [1.54, 1.807) is 0 Å². The minimum Gasteiger partial charge on any atom is -0.508 e. The summed E-state index contributed by atoms with van der Waals surface area (Å²) in [6, 6.07) is 36.1. The van der Waals surface area contributed by atoms with Gasteiger partial charge in [0.2, 0.25) is 12.1 Å². The van der Waals surface area contributed by atoms with Gasteiger partial charge in [-0.15, -0.1) is 0 Å². The number of esters is 8. The molecule has 8 aromatic carbocycles. The minimum atomic E-state index is -3.16. The van der Waals surface area contributed by atoms with E-state index < -0.39 is 122 Å². The van der Waals surface area contributed by atoms with Gasteiger partial charge in [0.15, 0.2) is 30.5 Å². The van der Waals surface area contributed by atoms with Crippen LogP contribution in [0.2, 0.25) is 0 Å². The van der Waals surface area contributed by atoms with E-state index in [2.05, 4.69) is 0 Å². The van der Waals surface area contributed by atoms with Gasteiger partial charge in [-0.05, 0) is 194 Å². The van der Waals surface area contributed by atoms with E-state index in [1.165, 1.54) is 24.3 Å². The van der Waals surface area contributed by atoms with Crippen molar-refractivity contribution in [1.29, 1.82) is 0 Å². The van der Waals surface area contributed by atoms with Gasteiger partial charge in [-0.1, -0.05) is 0 Å². The number of benzene rings is 8. The summed E-state index contributed by atoms with van der Waals surface area (Å²) in [5.74, 6) is -15.4. The number of hydrogen-bond donors (Lipinski definition) is 8. The fourth-order valence-corrected chi connectivity index (χ4v) is 9.67. The average Bonchev–Trinajstić information content (AvgIpc) is 1.70. The molecule has 0 bridgehead atoms. The van der Waals surface area contributed by atoms with Crippen molar-refractivity contribution < 1.29 is 131 Å². The molecular weight excluding hydrogens is 1250 g/mol. The van der Waals surface area contributed by atoms with Crippen LogP contribution in [0.15, 0.2) is 194 Å².